The van der Waals surface area contributed by atoms with Crippen LogP contribution in [0.15, 0.2) is 0 Å². The van der Waals surface area contributed by atoms with E-state index in [0.717, 1.165) is 11.1 Å². The minimum atomic E-state index is -0.717. The molecule has 0 aromatic carbocycles. The second-order valence-electron chi connectivity index (χ2n) is 3.51. The number of fused-ring (bicyclic) bond motifs is 1. The van der Waals surface area contributed by atoms with Crippen molar-refractivity contribution in [3.8, 4) is 0 Å². The number of hydrogen-bond donors (Lipinski definition) is 1. The molecule has 0 saturated carbocycles. The molecule has 0 spiro atoms. The molecule has 0 aliphatic rings. The lowest BCUT2D eigenvalue weighted by Gasteiger charge is -2.05. The Kier molecular flexibility index (Phi) is 2.36. The van der Waals surface area contributed by atoms with Gasteiger partial charge in [-0.15, -0.1) is 10.2 Å². The van der Waals surface area contributed by atoms with Crippen LogP contribution in [0, 0.1) is 13.8 Å². The first kappa shape index (κ1) is 10.3. The molecule has 5 nitrogen and oxygen atoms in total. The van der Waals surface area contributed by atoms with Crippen LogP contribution < -0.4 is 0 Å². The van der Waals surface area contributed by atoms with Crippen LogP contribution >= 0.6 is 11.6 Å². The number of aliphatic hydroxyl groups is 1. The van der Waals surface area contributed by atoms with E-state index in [1.807, 2.05) is 13.8 Å². The average Bonchev–Trinajstić information content (AvgIpc) is 2.58. The molecule has 0 radical (unpaired) electrons. The van der Waals surface area contributed by atoms with Gasteiger partial charge in [0.1, 0.15) is 6.10 Å². The molecule has 6 heteroatoms. The fraction of sp³-hybridized carbons (Fsp3) is 0.444. The van der Waals surface area contributed by atoms with Crippen LogP contribution in [-0.2, 0) is 0 Å². The van der Waals surface area contributed by atoms with Gasteiger partial charge in [0.25, 0.3) is 0 Å². The Labute approximate surface area is 91.7 Å². The molecule has 1 atom stereocenters. The van der Waals surface area contributed by atoms with E-state index < -0.39 is 6.10 Å². The topological polar surface area (TPSA) is 63.3 Å². The molecular weight excluding hydrogens is 216 g/mol. The summed E-state index contributed by atoms with van der Waals surface area (Å²) >= 11 is 5.96. The molecule has 0 bridgehead atoms. The third-order valence-electron chi connectivity index (χ3n) is 2.43. The van der Waals surface area contributed by atoms with Crippen LogP contribution in [0.5, 0.6) is 0 Å². The van der Waals surface area contributed by atoms with Gasteiger partial charge in [-0.05, 0) is 26.3 Å². The lowest BCUT2D eigenvalue weighted by atomic mass is 10.2. The van der Waals surface area contributed by atoms with Crippen molar-refractivity contribution in [2.75, 3.05) is 0 Å². The van der Waals surface area contributed by atoms with Crippen LogP contribution in [0.1, 0.15) is 30.0 Å². The van der Waals surface area contributed by atoms with Gasteiger partial charge in [-0.1, -0.05) is 11.6 Å². The molecule has 0 aliphatic carbocycles. The van der Waals surface area contributed by atoms with E-state index in [2.05, 4.69) is 15.3 Å². The van der Waals surface area contributed by atoms with Crippen molar-refractivity contribution in [3.63, 3.8) is 0 Å². The molecule has 0 unspecified atom stereocenters. The molecule has 0 aliphatic heterocycles. The summed E-state index contributed by atoms with van der Waals surface area (Å²) in [7, 11) is 0. The quantitative estimate of drug-likeness (QED) is 0.800. The minimum Gasteiger partial charge on any atom is -0.385 e. The Morgan fingerprint density at radius 2 is 1.93 bits per heavy atom. The summed E-state index contributed by atoms with van der Waals surface area (Å²) < 4.78 is 1.48. The van der Waals surface area contributed by atoms with Crippen LogP contribution in [-0.4, -0.2) is 24.9 Å². The Balaban J connectivity index is 2.83. The molecule has 0 saturated heterocycles. The smallest absolute Gasteiger partial charge is 0.183 e. The van der Waals surface area contributed by atoms with E-state index in [-0.39, 0.29) is 0 Å². The van der Waals surface area contributed by atoms with Gasteiger partial charge in [-0.2, -0.15) is 9.61 Å². The zero-order valence-corrected chi connectivity index (χ0v) is 9.45. The van der Waals surface area contributed by atoms with Gasteiger partial charge in [0.2, 0.25) is 0 Å². The maximum atomic E-state index is 9.46. The molecule has 2 rings (SSSR count). The van der Waals surface area contributed by atoms with E-state index in [1.165, 1.54) is 4.52 Å². The van der Waals surface area contributed by atoms with Crippen molar-refractivity contribution in [1.29, 1.82) is 0 Å². The molecule has 0 amide bonds. The lowest BCUT2D eigenvalue weighted by molar-refractivity contribution is 0.186. The predicted octanol–water partition coefficient (Wildman–Crippen LogP) is 1.45. The normalized spacial score (nSPS) is 13.4. The van der Waals surface area contributed by atoms with Crippen molar-refractivity contribution in [3.05, 3.63) is 22.1 Å². The van der Waals surface area contributed by atoms with Gasteiger partial charge in [-0.25, -0.2) is 0 Å². The number of hydrogen-bond acceptors (Lipinski definition) is 4. The molecule has 1 N–H and O–H groups in total. The fourth-order valence-corrected chi connectivity index (χ4v) is 1.59. The van der Waals surface area contributed by atoms with E-state index in [0.29, 0.717) is 16.6 Å². The summed E-state index contributed by atoms with van der Waals surface area (Å²) in [5.74, 6) is 0.398. The van der Waals surface area contributed by atoms with Gasteiger partial charge in [0.15, 0.2) is 16.6 Å². The molecule has 2 heterocycles. The van der Waals surface area contributed by atoms with Gasteiger partial charge in [-0.3, -0.25) is 0 Å². The van der Waals surface area contributed by atoms with E-state index in [9.17, 15) is 5.11 Å². The summed E-state index contributed by atoms with van der Waals surface area (Å²) in [5.41, 5.74) is 2.44. The van der Waals surface area contributed by atoms with Gasteiger partial charge < -0.3 is 5.11 Å². The maximum Gasteiger partial charge on any atom is 0.183 e. The highest BCUT2D eigenvalue weighted by molar-refractivity contribution is 6.30. The van der Waals surface area contributed by atoms with Crippen LogP contribution in [0.4, 0.5) is 0 Å². The second-order valence-corrected chi connectivity index (χ2v) is 3.87. The third-order valence-corrected chi connectivity index (χ3v) is 2.79. The zero-order chi connectivity index (χ0) is 11.2. The first-order valence-electron chi connectivity index (χ1n) is 4.58. The molecule has 0 fully saturated rings. The van der Waals surface area contributed by atoms with Gasteiger partial charge in [0, 0.05) is 5.56 Å². The summed E-state index contributed by atoms with van der Waals surface area (Å²) in [6.45, 7) is 5.39. The summed E-state index contributed by atoms with van der Waals surface area (Å²) in [5, 5.41) is 21.8. The maximum absolute atomic E-state index is 9.46. The predicted molar refractivity (Wildman–Crippen MR) is 55.9 cm³/mol. The minimum absolute atomic E-state index is 0.398. The second kappa shape index (κ2) is 3.43. The van der Waals surface area contributed by atoms with Crippen LogP contribution in [0.3, 0.4) is 0 Å². The number of aliphatic hydroxyl groups excluding tert-OH is 1. The SMILES string of the molecule is Cc1c(Cl)nn2c([C@H](C)O)nnc2c1C. The van der Waals surface area contributed by atoms with E-state index in [1.54, 1.807) is 6.92 Å². The number of aryl methyl sites for hydroxylation is 1. The summed E-state index contributed by atoms with van der Waals surface area (Å²) in [6.07, 6.45) is -0.717. The Morgan fingerprint density at radius 3 is 2.53 bits per heavy atom. The van der Waals surface area contributed by atoms with Crippen molar-refractivity contribution < 1.29 is 5.11 Å². The van der Waals surface area contributed by atoms with Crippen LogP contribution in [0.25, 0.3) is 5.65 Å². The average molecular weight is 227 g/mol. The Bertz CT molecular complexity index is 520. The summed E-state index contributed by atoms with van der Waals surface area (Å²) in [6, 6.07) is 0. The van der Waals surface area contributed by atoms with Crippen LogP contribution in [0.2, 0.25) is 5.15 Å². The highest BCUT2D eigenvalue weighted by Gasteiger charge is 2.16. The highest BCUT2D eigenvalue weighted by atomic mass is 35.5. The Hall–Kier alpha value is -1.20. The number of rotatable bonds is 1. The third kappa shape index (κ3) is 1.48. The molecule has 80 valence electrons. The molecular formula is C9H11ClN4O. The van der Waals surface area contributed by atoms with Crippen molar-refractivity contribution in [1.82, 2.24) is 19.8 Å². The standard InChI is InChI=1S/C9H11ClN4O/c1-4-5(2)8-11-12-9(6(3)15)14(8)13-7(4)10/h6,15H,1-3H3/t6-/m0/s1. The van der Waals surface area contributed by atoms with E-state index in [4.69, 9.17) is 11.6 Å². The zero-order valence-electron chi connectivity index (χ0n) is 8.69. The number of halogens is 1. The molecule has 2 aromatic heterocycles. The first-order chi connectivity index (χ1) is 7.02. The fourth-order valence-electron chi connectivity index (χ4n) is 1.37. The lowest BCUT2D eigenvalue weighted by Crippen LogP contribution is -2.05. The largest absolute Gasteiger partial charge is 0.385 e. The summed E-state index contributed by atoms with van der Waals surface area (Å²) in [4.78, 5) is 0. The van der Waals surface area contributed by atoms with Gasteiger partial charge in [0.05, 0.1) is 0 Å². The van der Waals surface area contributed by atoms with E-state index >= 15 is 0 Å². The first-order valence-corrected chi connectivity index (χ1v) is 4.96. The number of nitrogens with zero attached hydrogens (tertiary/aromatic N) is 4. The molecule has 2 aromatic rings. The van der Waals surface area contributed by atoms with Gasteiger partial charge >= 0.3 is 0 Å². The monoisotopic (exact) mass is 226 g/mol. The Morgan fingerprint density at radius 1 is 1.27 bits per heavy atom. The van der Waals surface area contributed by atoms with Crippen molar-refractivity contribution in [2.24, 2.45) is 0 Å². The molecule has 15 heavy (non-hydrogen) atoms. The number of aromatic nitrogens is 4. The van der Waals surface area contributed by atoms with Crippen molar-refractivity contribution in [2.45, 2.75) is 26.9 Å². The highest BCUT2D eigenvalue weighted by Crippen LogP contribution is 2.21. The van der Waals surface area contributed by atoms with Crippen molar-refractivity contribution >= 4 is 17.2 Å².